The summed E-state index contributed by atoms with van der Waals surface area (Å²) in [4.78, 5) is 33.0. The number of esters is 1. The highest BCUT2D eigenvalue weighted by Gasteiger charge is 2.19. The average molecular weight is 562 g/mol. The van der Waals surface area contributed by atoms with Crippen LogP contribution in [-0.4, -0.2) is 29.1 Å². The van der Waals surface area contributed by atoms with E-state index < -0.39 is 27.2 Å². The van der Waals surface area contributed by atoms with E-state index in [2.05, 4.69) is 10.5 Å². The number of nitro groups is 2. The minimum absolute atomic E-state index is 0.0168. The number of non-ortho nitro benzene ring substituents is 1. The summed E-state index contributed by atoms with van der Waals surface area (Å²) in [6.45, 7) is 0. The van der Waals surface area contributed by atoms with Gasteiger partial charge in [0.15, 0.2) is 11.5 Å². The molecule has 3 aromatic rings. The summed E-state index contributed by atoms with van der Waals surface area (Å²) in [5.41, 5.74) is 2.54. The Morgan fingerprint density at radius 3 is 2.45 bits per heavy atom. The third-order valence-electron chi connectivity index (χ3n) is 4.27. The van der Waals surface area contributed by atoms with E-state index >= 15 is 0 Å². The van der Waals surface area contributed by atoms with Crippen LogP contribution in [0.3, 0.4) is 0 Å². The van der Waals surface area contributed by atoms with Crippen molar-refractivity contribution in [2.24, 2.45) is 5.10 Å². The molecule has 0 fully saturated rings. The lowest BCUT2D eigenvalue weighted by molar-refractivity contribution is -0.393. The van der Waals surface area contributed by atoms with Gasteiger partial charge in [-0.05, 0) is 64.6 Å². The van der Waals surface area contributed by atoms with Crippen molar-refractivity contribution in [3.63, 3.8) is 0 Å². The number of hydrogen-bond acceptors (Lipinski definition) is 9. The molecule has 0 bridgehead atoms. The molecule has 0 saturated heterocycles. The first-order valence-corrected chi connectivity index (χ1v) is 10.2. The molecule has 12 heteroatoms. The van der Waals surface area contributed by atoms with Gasteiger partial charge in [-0.1, -0.05) is 12.1 Å². The topological polar surface area (TPSA) is 146 Å². The van der Waals surface area contributed by atoms with Crippen LogP contribution in [-0.2, 0) is 0 Å². The van der Waals surface area contributed by atoms with Gasteiger partial charge in [-0.25, -0.2) is 4.79 Å². The number of halogens is 1. The second-order valence-electron chi connectivity index (χ2n) is 6.37. The zero-order chi connectivity index (χ0) is 24.0. The van der Waals surface area contributed by atoms with Gasteiger partial charge in [0, 0.05) is 9.64 Å². The number of nitro benzene ring substituents is 2. The summed E-state index contributed by atoms with van der Waals surface area (Å²) in [6, 6.07) is 14.9. The van der Waals surface area contributed by atoms with Gasteiger partial charge in [0.25, 0.3) is 5.69 Å². The Bertz CT molecular complexity index is 1260. The highest BCUT2D eigenvalue weighted by Crippen LogP contribution is 2.30. The number of benzene rings is 3. The molecule has 0 aliphatic heterocycles. The van der Waals surface area contributed by atoms with E-state index in [1.165, 1.54) is 25.5 Å². The van der Waals surface area contributed by atoms with Gasteiger partial charge < -0.3 is 9.47 Å². The largest absolute Gasteiger partial charge is 0.493 e. The first-order chi connectivity index (χ1) is 15.8. The van der Waals surface area contributed by atoms with Crippen LogP contribution in [0, 0.1) is 23.8 Å². The van der Waals surface area contributed by atoms with Crippen molar-refractivity contribution in [1.29, 1.82) is 0 Å². The van der Waals surface area contributed by atoms with E-state index in [0.717, 1.165) is 15.7 Å². The Morgan fingerprint density at radius 2 is 1.79 bits per heavy atom. The maximum Gasteiger partial charge on any atom is 0.344 e. The van der Waals surface area contributed by atoms with Gasteiger partial charge >= 0.3 is 11.7 Å². The molecule has 0 aromatic heterocycles. The maximum atomic E-state index is 12.5. The van der Waals surface area contributed by atoms with Crippen molar-refractivity contribution in [2.75, 3.05) is 12.5 Å². The molecule has 0 spiro atoms. The van der Waals surface area contributed by atoms with E-state index in [1.54, 1.807) is 30.3 Å². The number of carbonyl (C=O) groups is 1. The molecule has 1 N–H and O–H groups in total. The molecule has 0 amide bonds. The molecule has 3 rings (SSSR count). The fraction of sp³-hybridized carbons (Fsp3) is 0.0476. The van der Waals surface area contributed by atoms with Gasteiger partial charge in [-0.3, -0.25) is 25.7 Å². The number of nitrogens with one attached hydrogen (secondary N) is 1. The van der Waals surface area contributed by atoms with Crippen molar-refractivity contribution in [1.82, 2.24) is 0 Å². The number of methoxy groups -OCH3 is 1. The van der Waals surface area contributed by atoms with Crippen LogP contribution in [0.25, 0.3) is 0 Å². The van der Waals surface area contributed by atoms with Crippen LogP contribution in [0.5, 0.6) is 11.5 Å². The first-order valence-electron chi connectivity index (χ1n) is 9.17. The van der Waals surface area contributed by atoms with E-state index in [-0.39, 0.29) is 17.2 Å². The molecule has 0 unspecified atom stereocenters. The second kappa shape index (κ2) is 10.5. The number of hydrazone groups is 1. The summed E-state index contributed by atoms with van der Waals surface area (Å²) in [7, 11) is 1.42. The molecular weight excluding hydrogens is 547 g/mol. The zero-order valence-electron chi connectivity index (χ0n) is 16.9. The van der Waals surface area contributed by atoms with Gasteiger partial charge in [-0.15, -0.1) is 0 Å². The highest BCUT2D eigenvalue weighted by atomic mass is 127. The van der Waals surface area contributed by atoms with Crippen LogP contribution in [0.4, 0.5) is 17.1 Å². The Hall–Kier alpha value is -4.07. The normalized spacial score (nSPS) is 10.6. The van der Waals surface area contributed by atoms with Crippen molar-refractivity contribution in [2.45, 2.75) is 0 Å². The number of carbonyl (C=O) groups excluding carboxylic acids is 1. The summed E-state index contributed by atoms with van der Waals surface area (Å²) >= 11 is 2.04. The third kappa shape index (κ3) is 5.79. The summed E-state index contributed by atoms with van der Waals surface area (Å²) in [6.07, 6.45) is 1.36. The van der Waals surface area contributed by atoms with Crippen LogP contribution < -0.4 is 14.9 Å². The van der Waals surface area contributed by atoms with E-state index in [4.69, 9.17) is 9.47 Å². The molecule has 0 radical (unpaired) electrons. The first kappa shape index (κ1) is 23.6. The smallest absolute Gasteiger partial charge is 0.344 e. The molecule has 0 heterocycles. The Morgan fingerprint density at radius 1 is 1.03 bits per heavy atom. The van der Waals surface area contributed by atoms with Crippen LogP contribution >= 0.6 is 22.6 Å². The minimum atomic E-state index is -0.745. The molecule has 0 aliphatic rings. The number of rotatable bonds is 8. The lowest BCUT2D eigenvalue weighted by Crippen LogP contribution is -2.11. The number of hydrogen-bond donors (Lipinski definition) is 1. The van der Waals surface area contributed by atoms with Crippen molar-refractivity contribution < 1.29 is 24.1 Å². The molecule has 0 saturated carbocycles. The maximum absolute atomic E-state index is 12.5. The SMILES string of the molecule is COc1cc(C=NNc2ccc([N+](=O)[O-])cc2[N+](=O)[O-])ccc1OC(=O)c1ccccc1I. The summed E-state index contributed by atoms with van der Waals surface area (Å²) in [5.74, 6) is -0.0512. The van der Waals surface area contributed by atoms with E-state index in [1.807, 2.05) is 28.7 Å². The quantitative estimate of drug-likeness (QED) is 0.103. The second-order valence-corrected chi connectivity index (χ2v) is 7.53. The van der Waals surface area contributed by atoms with Crippen LogP contribution in [0.1, 0.15) is 15.9 Å². The molecule has 11 nitrogen and oxygen atoms in total. The fourth-order valence-corrected chi connectivity index (χ4v) is 3.29. The van der Waals surface area contributed by atoms with E-state index in [9.17, 15) is 25.0 Å². The predicted molar refractivity (Wildman–Crippen MR) is 128 cm³/mol. The molecule has 0 aliphatic carbocycles. The number of anilines is 1. The standard InChI is InChI=1S/C21H15IN4O7/c1-32-20-10-13(6-9-19(20)33-21(27)15-4-2-3-5-16(15)22)12-23-24-17-8-7-14(25(28)29)11-18(17)26(30)31/h2-12,24H,1H3. The van der Waals surface area contributed by atoms with Gasteiger partial charge in [0.2, 0.25) is 0 Å². The minimum Gasteiger partial charge on any atom is -0.493 e. The average Bonchev–Trinajstić information content (AvgIpc) is 2.80. The lowest BCUT2D eigenvalue weighted by Gasteiger charge is -2.10. The van der Waals surface area contributed by atoms with Crippen LogP contribution in [0.2, 0.25) is 0 Å². The van der Waals surface area contributed by atoms with Crippen molar-refractivity contribution in [3.05, 3.63) is 95.6 Å². The fourth-order valence-electron chi connectivity index (χ4n) is 2.69. The Kier molecular flexibility index (Phi) is 7.50. The van der Waals surface area contributed by atoms with Crippen molar-refractivity contribution in [3.8, 4) is 11.5 Å². The van der Waals surface area contributed by atoms with Crippen molar-refractivity contribution >= 4 is 51.8 Å². The van der Waals surface area contributed by atoms with Crippen LogP contribution in [0.15, 0.2) is 65.8 Å². The summed E-state index contributed by atoms with van der Waals surface area (Å²) < 4.78 is 11.5. The lowest BCUT2D eigenvalue weighted by atomic mass is 10.2. The molecule has 33 heavy (non-hydrogen) atoms. The monoisotopic (exact) mass is 562 g/mol. The Balaban J connectivity index is 1.76. The third-order valence-corrected chi connectivity index (χ3v) is 5.21. The van der Waals surface area contributed by atoms with Gasteiger partial charge in [-0.2, -0.15) is 5.10 Å². The zero-order valence-corrected chi connectivity index (χ0v) is 19.1. The Labute approximate surface area is 200 Å². The number of ether oxygens (including phenoxy) is 2. The van der Waals surface area contributed by atoms with Gasteiger partial charge in [0.1, 0.15) is 5.69 Å². The predicted octanol–water partition coefficient (Wildman–Crippen LogP) is 4.78. The summed E-state index contributed by atoms with van der Waals surface area (Å²) in [5, 5.41) is 26.0. The van der Waals surface area contributed by atoms with E-state index in [0.29, 0.717) is 11.1 Å². The highest BCUT2D eigenvalue weighted by molar-refractivity contribution is 14.1. The number of nitrogens with zero attached hydrogens (tertiary/aromatic N) is 3. The molecule has 168 valence electrons. The molecule has 3 aromatic carbocycles. The molecule has 0 atom stereocenters. The molecular formula is C21H15IN4O7. The van der Waals surface area contributed by atoms with Gasteiger partial charge in [0.05, 0.1) is 34.8 Å².